The number of aryl methyl sites for hydroxylation is 1. The quantitative estimate of drug-likeness (QED) is 0.720. The number of aromatic nitrogens is 1. The average Bonchev–Trinajstić information content (AvgIpc) is 2.58. The number of hydrogen-bond donors (Lipinski definition) is 0. The molecule has 0 spiro atoms. The van der Waals surface area contributed by atoms with Crippen LogP contribution in [0.1, 0.15) is 23.0 Å². The molecule has 3 nitrogen and oxygen atoms in total. The first kappa shape index (κ1) is 15.2. The Morgan fingerprint density at radius 1 is 1.09 bits per heavy atom. The molecule has 1 amide bonds. The summed E-state index contributed by atoms with van der Waals surface area (Å²) in [7, 11) is 0. The van der Waals surface area contributed by atoms with E-state index in [9.17, 15) is 9.18 Å². The molecule has 0 aliphatic carbocycles. The number of carbonyl (C=O) groups excluding carboxylic acids is 1. The van der Waals surface area contributed by atoms with E-state index in [2.05, 4.69) is 4.98 Å². The molecule has 0 atom stereocenters. The standard InChI is InChI=1S/C19H17FN2O/c1-3-22(18-9-6-12-21-13(18)2)19(23)16-10-11-17(20)15-8-5-4-7-14(15)16/h4-12H,3H2,1-2H3. The van der Waals surface area contributed by atoms with Crippen molar-refractivity contribution in [2.24, 2.45) is 0 Å². The van der Waals surface area contributed by atoms with Crippen molar-refractivity contribution in [3.8, 4) is 0 Å². The monoisotopic (exact) mass is 308 g/mol. The minimum Gasteiger partial charge on any atom is -0.307 e. The SMILES string of the molecule is CCN(C(=O)c1ccc(F)c2ccccc12)c1cccnc1C. The number of nitrogens with zero attached hydrogens (tertiary/aromatic N) is 2. The van der Waals surface area contributed by atoms with Crippen molar-refractivity contribution in [3.05, 3.63) is 71.8 Å². The summed E-state index contributed by atoms with van der Waals surface area (Å²) in [6.45, 7) is 4.29. The van der Waals surface area contributed by atoms with Crippen molar-refractivity contribution in [2.75, 3.05) is 11.4 Å². The van der Waals surface area contributed by atoms with E-state index >= 15 is 0 Å². The van der Waals surface area contributed by atoms with Crippen LogP contribution in [0.5, 0.6) is 0 Å². The first-order chi connectivity index (χ1) is 11.1. The van der Waals surface area contributed by atoms with Crippen molar-refractivity contribution >= 4 is 22.4 Å². The van der Waals surface area contributed by atoms with Crippen LogP contribution in [0.4, 0.5) is 10.1 Å². The van der Waals surface area contributed by atoms with Gasteiger partial charge in [-0.25, -0.2) is 4.39 Å². The van der Waals surface area contributed by atoms with E-state index in [4.69, 9.17) is 0 Å². The first-order valence-electron chi connectivity index (χ1n) is 7.54. The molecular formula is C19H17FN2O. The third-order valence-electron chi connectivity index (χ3n) is 3.93. The fourth-order valence-electron chi connectivity index (χ4n) is 2.78. The summed E-state index contributed by atoms with van der Waals surface area (Å²) in [6, 6.07) is 13.6. The number of amides is 1. The summed E-state index contributed by atoms with van der Waals surface area (Å²) in [5, 5.41) is 1.08. The second-order valence-corrected chi connectivity index (χ2v) is 5.30. The lowest BCUT2D eigenvalue weighted by atomic mass is 10.0. The van der Waals surface area contributed by atoms with E-state index in [-0.39, 0.29) is 11.7 Å². The number of hydrogen-bond acceptors (Lipinski definition) is 2. The van der Waals surface area contributed by atoms with Gasteiger partial charge in [0.25, 0.3) is 5.91 Å². The summed E-state index contributed by atoms with van der Waals surface area (Å²) in [5.41, 5.74) is 2.05. The molecule has 0 aliphatic rings. The molecule has 0 saturated heterocycles. The Morgan fingerprint density at radius 2 is 1.83 bits per heavy atom. The molecule has 0 radical (unpaired) electrons. The van der Waals surface area contributed by atoms with Crippen LogP contribution in [0.3, 0.4) is 0 Å². The molecule has 3 aromatic rings. The minimum absolute atomic E-state index is 0.153. The lowest BCUT2D eigenvalue weighted by Crippen LogP contribution is -2.31. The Labute approximate surface area is 134 Å². The summed E-state index contributed by atoms with van der Waals surface area (Å²) >= 11 is 0. The highest BCUT2D eigenvalue weighted by atomic mass is 19.1. The Balaban J connectivity index is 2.13. The van der Waals surface area contributed by atoms with Crippen molar-refractivity contribution in [1.29, 1.82) is 0 Å². The highest BCUT2D eigenvalue weighted by Crippen LogP contribution is 2.26. The van der Waals surface area contributed by atoms with Crippen LogP contribution in [0.15, 0.2) is 54.7 Å². The van der Waals surface area contributed by atoms with Crippen LogP contribution >= 0.6 is 0 Å². The molecule has 0 bridgehead atoms. The molecule has 1 aromatic heterocycles. The van der Waals surface area contributed by atoms with Crippen LogP contribution < -0.4 is 4.90 Å². The first-order valence-corrected chi connectivity index (χ1v) is 7.54. The fourth-order valence-corrected chi connectivity index (χ4v) is 2.78. The molecule has 4 heteroatoms. The number of fused-ring (bicyclic) bond motifs is 1. The molecular weight excluding hydrogens is 291 g/mol. The number of benzene rings is 2. The van der Waals surface area contributed by atoms with Crippen LogP contribution in [0, 0.1) is 12.7 Å². The lowest BCUT2D eigenvalue weighted by molar-refractivity contribution is 0.0989. The molecule has 23 heavy (non-hydrogen) atoms. The van der Waals surface area contributed by atoms with E-state index in [1.54, 1.807) is 41.4 Å². The predicted molar refractivity (Wildman–Crippen MR) is 90.2 cm³/mol. The third-order valence-corrected chi connectivity index (χ3v) is 3.93. The molecule has 1 heterocycles. The molecule has 116 valence electrons. The lowest BCUT2D eigenvalue weighted by Gasteiger charge is -2.23. The van der Waals surface area contributed by atoms with Gasteiger partial charge in [0.15, 0.2) is 0 Å². The van der Waals surface area contributed by atoms with Crippen LogP contribution in [0.2, 0.25) is 0 Å². The Kier molecular flexibility index (Phi) is 4.06. The van der Waals surface area contributed by atoms with Crippen LogP contribution in [-0.2, 0) is 0 Å². The number of rotatable bonds is 3. The Hall–Kier alpha value is -2.75. The number of pyridine rings is 1. The van der Waals surface area contributed by atoms with Crippen molar-refractivity contribution < 1.29 is 9.18 Å². The van der Waals surface area contributed by atoms with E-state index < -0.39 is 0 Å². The van der Waals surface area contributed by atoms with Gasteiger partial charge in [-0.3, -0.25) is 9.78 Å². The zero-order valence-corrected chi connectivity index (χ0v) is 13.1. The van der Waals surface area contributed by atoms with Gasteiger partial charge in [0.1, 0.15) is 5.82 Å². The van der Waals surface area contributed by atoms with Gasteiger partial charge in [0.2, 0.25) is 0 Å². The average molecular weight is 308 g/mol. The smallest absolute Gasteiger partial charge is 0.258 e. The minimum atomic E-state index is -0.322. The second kappa shape index (κ2) is 6.16. The van der Waals surface area contributed by atoms with E-state index in [1.807, 2.05) is 26.0 Å². The number of halogens is 1. The number of anilines is 1. The third kappa shape index (κ3) is 2.68. The van der Waals surface area contributed by atoms with Gasteiger partial charge in [0, 0.05) is 23.7 Å². The predicted octanol–water partition coefficient (Wildman–Crippen LogP) is 4.35. The van der Waals surface area contributed by atoms with E-state index in [0.29, 0.717) is 22.9 Å². The Morgan fingerprint density at radius 3 is 2.52 bits per heavy atom. The van der Waals surface area contributed by atoms with E-state index in [1.165, 1.54) is 6.07 Å². The van der Waals surface area contributed by atoms with Gasteiger partial charge >= 0.3 is 0 Å². The highest BCUT2D eigenvalue weighted by Gasteiger charge is 2.20. The molecule has 0 unspecified atom stereocenters. The van der Waals surface area contributed by atoms with Crippen molar-refractivity contribution in [2.45, 2.75) is 13.8 Å². The summed E-state index contributed by atoms with van der Waals surface area (Å²) in [6.07, 6.45) is 1.70. The number of carbonyl (C=O) groups is 1. The van der Waals surface area contributed by atoms with Gasteiger partial charge in [-0.2, -0.15) is 0 Å². The van der Waals surface area contributed by atoms with Gasteiger partial charge in [-0.15, -0.1) is 0 Å². The maximum absolute atomic E-state index is 14.0. The summed E-state index contributed by atoms with van der Waals surface area (Å²) in [4.78, 5) is 18.9. The fraction of sp³-hybridized carbons (Fsp3) is 0.158. The van der Waals surface area contributed by atoms with Crippen molar-refractivity contribution in [1.82, 2.24) is 4.98 Å². The van der Waals surface area contributed by atoms with Crippen LogP contribution in [-0.4, -0.2) is 17.4 Å². The van der Waals surface area contributed by atoms with Gasteiger partial charge < -0.3 is 4.90 Å². The zero-order chi connectivity index (χ0) is 16.4. The second-order valence-electron chi connectivity index (χ2n) is 5.30. The highest BCUT2D eigenvalue weighted by molar-refractivity contribution is 6.14. The topological polar surface area (TPSA) is 33.2 Å². The molecule has 3 rings (SSSR count). The van der Waals surface area contributed by atoms with Gasteiger partial charge in [0.05, 0.1) is 11.4 Å². The summed E-state index contributed by atoms with van der Waals surface area (Å²) < 4.78 is 14.0. The zero-order valence-electron chi connectivity index (χ0n) is 13.1. The molecule has 0 N–H and O–H groups in total. The normalized spacial score (nSPS) is 10.7. The molecule has 2 aromatic carbocycles. The molecule has 0 saturated carbocycles. The molecule has 0 aliphatic heterocycles. The molecule has 0 fully saturated rings. The van der Waals surface area contributed by atoms with Gasteiger partial charge in [-0.1, -0.05) is 24.3 Å². The maximum Gasteiger partial charge on any atom is 0.258 e. The summed E-state index contributed by atoms with van der Waals surface area (Å²) in [5.74, 6) is -0.474. The van der Waals surface area contributed by atoms with Crippen molar-refractivity contribution in [3.63, 3.8) is 0 Å². The largest absolute Gasteiger partial charge is 0.307 e. The van der Waals surface area contributed by atoms with E-state index in [0.717, 1.165) is 11.4 Å². The van der Waals surface area contributed by atoms with Gasteiger partial charge in [-0.05, 0) is 43.5 Å². The van der Waals surface area contributed by atoms with Crippen LogP contribution in [0.25, 0.3) is 10.8 Å². The maximum atomic E-state index is 14.0. The Bertz CT molecular complexity index is 876.